The zero-order chi connectivity index (χ0) is 21.7. The Bertz CT molecular complexity index is 1290. The van der Waals surface area contributed by atoms with Crippen LogP contribution in [-0.2, 0) is 0 Å². The van der Waals surface area contributed by atoms with Crippen LogP contribution in [0.25, 0.3) is 32.1 Å². The number of nitrogens with zero attached hydrogens (tertiary/aromatic N) is 3. The van der Waals surface area contributed by atoms with E-state index in [1.54, 1.807) is 11.3 Å². The Morgan fingerprint density at radius 1 is 1.09 bits per heavy atom. The normalized spacial score (nSPS) is 21.7. The average Bonchev–Trinajstić information content (AvgIpc) is 3.34. The first-order chi connectivity index (χ1) is 15.6. The third-order valence-electron chi connectivity index (χ3n) is 7.16. The van der Waals surface area contributed by atoms with Crippen LogP contribution in [0.1, 0.15) is 43.2 Å². The van der Waals surface area contributed by atoms with Crippen molar-refractivity contribution in [2.24, 2.45) is 0 Å². The monoisotopic (exact) mass is 442 g/mol. The van der Waals surface area contributed by atoms with Crippen molar-refractivity contribution < 1.29 is 0 Å². The molecular weight excluding hydrogens is 412 g/mol. The summed E-state index contributed by atoms with van der Waals surface area (Å²) >= 11 is 1.75. The molecule has 3 heterocycles. The fourth-order valence-corrected chi connectivity index (χ4v) is 6.30. The van der Waals surface area contributed by atoms with Crippen LogP contribution in [0.5, 0.6) is 0 Å². The Balaban J connectivity index is 1.17. The van der Waals surface area contributed by atoms with E-state index in [0.717, 1.165) is 22.4 Å². The molecule has 164 valence electrons. The number of nitrogens with one attached hydrogen (secondary N) is 1. The second-order valence-corrected chi connectivity index (χ2v) is 10.5. The smallest absolute Gasteiger partial charge is 0.195 e. The van der Waals surface area contributed by atoms with Crippen molar-refractivity contribution in [1.82, 2.24) is 19.6 Å². The van der Waals surface area contributed by atoms with Crippen LogP contribution in [0.2, 0.25) is 0 Å². The van der Waals surface area contributed by atoms with E-state index in [1.807, 2.05) is 0 Å². The standard InChI is InChI=1S/C27H30N4S/c1-18-7-6-8-21(13-18)24-17-31-25-10-9-20(14-26(25)32-27(31)29-24)19(2)28-22-15-23(16-22)30-11-4-3-5-12-30/h6-10,13-14,17,22-23,28H,2-5,11-12,15-16H2,1H3. The molecule has 0 radical (unpaired) electrons. The number of hydrogen-bond acceptors (Lipinski definition) is 4. The fourth-order valence-electron chi connectivity index (χ4n) is 5.25. The number of imidazole rings is 1. The maximum Gasteiger partial charge on any atom is 0.195 e. The lowest BCUT2D eigenvalue weighted by Gasteiger charge is -2.45. The Labute approximate surface area is 193 Å². The highest BCUT2D eigenvalue weighted by molar-refractivity contribution is 7.23. The van der Waals surface area contributed by atoms with Gasteiger partial charge in [-0.25, -0.2) is 4.98 Å². The molecule has 2 aliphatic rings. The summed E-state index contributed by atoms with van der Waals surface area (Å²) in [5.41, 5.74) is 6.90. The number of aromatic nitrogens is 2. The number of aryl methyl sites for hydroxylation is 1. The van der Waals surface area contributed by atoms with Gasteiger partial charge in [0, 0.05) is 29.5 Å². The highest BCUT2D eigenvalue weighted by Gasteiger charge is 2.34. The second-order valence-electron chi connectivity index (χ2n) is 9.47. The number of thiazole rings is 1. The van der Waals surface area contributed by atoms with Gasteiger partial charge in [-0.15, -0.1) is 0 Å². The van der Waals surface area contributed by atoms with Crippen molar-refractivity contribution >= 4 is 32.2 Å². The van der Waals surface area contributed by atoms with Crippen LogP contribution >= 0.6 is 11.3 Å². The van der Waals surface area contributed by atoms with Gasteiger partial charge in [-0.05, 0) is 69.5 Å². The summed E-state index contributed by atoms with van der Waals surface area (Å²) in [4.78, 5) is 8.63. The van der Waals surface area contributed by atoms with Gasteiger partial charge >= 0.3 is 0 Å². The summed E-state index contributed by atoms with van der Waals surface area (Å²) in [6.45, 7) is 9.06. The number of likely N-dealkylation sites (tertiary alicyclic amines) is 1. The summed E-state index contributed by atoms with van der Waals surface area (Å²) in [6.07, 6.45) is 8.80. The molecule has 6 rings (SSSR count). The van der Waals surface area contributed by atoms with Crippen LogP contribution in [0.4, 0.5) is 0 Å². The van der Waals surface area contributed by atoms with Gasteiger partial charge in [0.2, 0.25) is 0 Å². The maximum atomic E-state index is 4.90. The predicted octanol–water partition coefficient (Wildman–Crippen LogP) is 6.10. The topological polar surface area (TPSA) is 32.6 Å². The van der Waals surface area contributed by atoms with Gasteiger partial charge < -0.3 is 10.2 Å². The Morgan fingerprint density at radius 2 is 1.94 bits per heavy atom. The minimum Gasteiger partial charge on any atom is -0.382 e. The van der Waals surface area contributed by atoms with E-state index in [2.05, 4.69) is 76.8 Å². The number of rotatable bonds is 5. The zero-order valence-corrected chi connectivity index (χ0v) is 19.5. The molecule has 2 fully saturated rings. The molecule has 2 aromatic heterocycles. The molecule has 1 saturated heterocycles. The van der Waals surface area contributed by atoms with E-state index < -0.39 is 0 Å². The van der Waals surface area contributed by atoms with Gasteiger partial charge in [0.05, 0.1) is 15.9 Å². The number of hydrogen-bond donors (Lipinski definition) is 1. The number of piperidine rings is 1. The number of fused-ring (bicyclic) bond motifs is 3. The lowest BCUT2D eigenvalue weighted by atomic mass is 9.84. The molecule has 0 atom stereocenters. The van der Waals surface area contributed by atoms with Gasteiger partial charge in [-0.2, -0.15) is 0 Å². The SMILES string of the molecule is C=C(NC1CC(N2CCCCC2)C1)c1ccc2c(c1)sc1nc(-c3cccc(C)c3)cn12. The van der Waals surface area contributed by atoms with Crippen molar-refractivity contribution in [3.8, 4) is 11.3 Å². The molecule has 4 nitrogen and oxygen atoms in total. The van der Waals surface area contributed by atoms with Crippen LogP contribution in [-0.4, -0.2) is 39.5 Å². The van der Waals surface area contributed by atoms with Crippen molar-refractivity contribution in [1.29, 1.82) is 0 Å². The summed E-state index contributed by atoms with van der Waals surface area (Å²) < 4.78 is 3.47. The zero-order valence-electron chi connectivity index (χ0n) is 18.7. The van der Waals surface area contributed by atoms with Gasteiger partial charge in [0.15, 0.2) is 4.96 Å². The first-order valence-electron chi connectivity index (χ1n) is 11.8. The van der Waals surface area contributed by atoms with E-state index in [4.69, 9.17) is 4.98 Å². The highest BCUT2D eigenvalue weighted by atomic mass is 32.1. The van der Waals surface area contributed by atoms with Gasteiger partial charge in [0.1, 0.15) is 0 Å². The van der Waals surface area contributed by atoms with Crippen molar-refractivity contribution in [3.05, 3.63) is 66.4 Å². The largest absolute Gasteiger partial charge is 0.382 e. The van der Waals surface area contributed by atoms with E-state index in [0.29, 0.717) is 6.04 Å². The van der Waals surface area contributed by atoms with Crippen molar-refractivity contribution in [2.75, 3.05) is 13.1 Å². The molecule has 32 heavy (non-hydrogen) atoms. The minimum absolute atomic E-state index is 0.558. The van der Waals surface area contributed by atoms with Gasteiger partial charge in [0.25, 0.3) is 0 Å². The first-order valence-corrected chi connectivity index (χ1v) is 12.6. The summed E-state index contributed by atoms with van der Waals surface area (Å²) in [5, 5.41) is 3.69. The van der Waals surface area contributed by atoms with Crippen molar-refractivity contribution in [2.45, 2.75) is 51.1 Å². The first kappa shape index (κ1) is 20.0. The van der Waals surface area contributed by atoms with E-state index in [-0.39, 0.29) is 0 Å². The van der Waals surface area contributed by atoms with E-state index >= 15 is 0 Å². The Hall–Kier alpha value is -2.63. The lowest BCUT2D eigenvalue weighted by Crippen LogP contribution is -2.53. The average molecular weight is 443 g/mol. The second kappa shape index (κ2) is 8.05. The maximum absolute atomic E-state index is 4.90. The van der Waals surface area contributed by atoms with Gasteiger partial charge in [-0.3, -0.25) is 4.40 Å². The molecule has 5 heteroatoms. The quantitative estimate of drug-likeness (QED) is 0.405. The molecule has 1 saturated carbocycles. The molecule has 2 aromatic carbocycles. The number of benzene rings is 2. The fraction of sp³-hybridized carbons (Fsp3) is 0.370. The summed E-state index contributed by atoms with van der Waals surface area (Å²) in [5.74, 6) is 0. The third-order valence-corrected chi connectivity index (χ3v) is 8.17. The Morgan fingerprint density at radius 3 is 2.75 bits per heavy atom. The van der Waals surface area contributed by atoms with Crippen molar-refractivity contribution in [3.63, 3.8) is 0 Å². The molecule has 1 N–H and O–H groups in total. The molecule has 0 amide bonds. The van der Waals surface area contributed by atoms with Crippen LogP contribution < -0.4 is 5.32 Å². The summed E-state index contributed by atoms with van der Waals surface area (Å²) in [6, 6.07) is 16.5. The van der Waals surface area contributed by atoms with Crippen LogP contribution in [0, 0.1) is 6.92 Å². The minimum atomic E-state index is 0.558. The molecule has 4 aromatic rings. The Kier molecular flexibility index (Phi) is 5.04. The molecule has 0 unspecified atom stereocenters. The van der Waals surface area contributed by atoms with Gasteiger partial charge in [-0.1, -0.05) is 54.2 Å². The van der Waals surface area contributed by atoms with E-state index in [1.165, 1.54) is 72.1 Å². The molecule has 0 spiro atoms. The summed E-state index contributed by atoms with van der Waals surface area (Å²) in [7, 11) is 0. The van der Waals surface area contributed by atoms with Crippen LogP contribution in [0.15, 0.2) is 55.2 Å². The molecular formula is C27H30N4S. The predicted molar refractivity (Wildman–Crippen MR) is 135 cm³/mol. The molecule has 1 aliphatic carbocycles. The third kappa shape index (κ3) is 3.63. The molecule has 0 bridgehead atoms. The van der Waals surface area contributed by atoms with Crippen LogP contribution in [0.3, 0.4) is 0 Å². The lowest BCUT2D eigenvalue weighted by molar-refractivity contribution is 0.0839. The molecule has 1 aliphatic heterocycles. The van der Waals surface area contributed by atoms with E-state index in [9.17, 15) is 0 Å². The highest BCUT2D eigenvalue weighted by Crippen LogP contribution is 2.33.